The first-order valence-electron chi connectivity index (χ1n) is 25.3. The fourth-order valence-electron chi connectivity index (χ4n) is 12.4. The van der Waals surface area contributed by atoms with E-state index >= 15 is 0 Å². The average Bonchev–Trinajstić information content (AvgIpc) is 4.06. The molecule has 3 aliphatic carbocycles. The Morgan fingerprint density at radius 3 is 1.51 bits per heavy atom. The Bertz CT molecular complexity index is 3850. The fourth-order valence-corrected chi connectivity index (χ4v) is 13.5. The van der Waals surface area contributed by atoms with Crippen molar-refractivity contribution in [1.29, 1.82) is 0 Å². The first-order chi connectivity index (χ1) is 35.4. The van der Waals surface area contributed by atoms with Crippen LogP contribution in [0.25, 0.3) is 75.8 Å². The molecule has 72 heavy (non-hydrogen) atoms. The van der Waals surface area contributed by atoms with E-state index in [9.17, 15) is 0 Å². The van der Waals surface area contributed by atoms with Gasteiger partial charge < -0.3 is 4.90 Å². The molecule has 0 fully saturated rings. The molecule has 10 aromatic carbocycles. The third-order valence-electron chi connectivity index (χ3n) is 16.0. The predicted molar refractivity (Wildman–Crippen MR) is 306 cm³/mol. The highest BCUT2D eigenvalue weighted by molar-refractivity contribution is 7.25. The van der Waals surface area contributed by atoms with Crippen molar-refractivity contribution in [3.05, 3.63) is 283 Å². The molecule has 0 N–H and O–H groups in total. The second-order valence-corrected chi connectivity index (χ2v) is 21.5. The summed E-state index contributed by atoms with van der Waals surface area (Å²) in [6, 6.07) is 87.9. The molecule has 0 aliphatic heterocycles. The second kappa shape index (κ2) is 16.9. The average molecular weight is 938 g/mol. The lowest BCUT2D eigenvalue weighted by Gasteiger charge is -2.33. The zero-order valence-corrected chi connectivity index (χ0v) is 41.2. The lowest BCUT2D eigenvalue weighted by molar-refractivity contribution is 0.391. The molecule has 1 nitrogen and oxygen atoms in total. The van der Waals surface area contributed by atoms with E-state index in [0.29, 0.717) is 11.8 Å². The molecule has 14 rings (SSSR count). The summed E-state index contributed by atoms with van der Waals surface area (Å²) in [5.74, 6) is 0.889. The van der Waals surface area contributed by atoms with Crippen molar-refractivity contribution < 1.29 is 0 Å². The van der Waals surface area contributed by atoms with E-state index in [1.165, 1.54) is 104 Å². The number of fused-ring (bicyclic) bond motifs is 9. The van der Waals surface area contributed by atoms with Crippen LogP contribution in [0.5, 0.6) is 0 Å². The molecule has 3 aliphatic rings. The Morgan fingerprint density at radius 1 is 0.389 bits per heavy atom. The third kappa shape index (κ3) is 7.04. The molecule has 0 saturated heterocycles. The highest BCUT2D eigenvalue weighted by Crippen LogP contribution is 2.57. The highest BCUT2D eigenvalue weighted by atomic mass is 32.1. The number of benzene rings is 10. The van der Waals surface area contributed by atoms with E-state index in [-0.39, 0.29) is 11.3 Å². The van der Waals surface area contributed by atoms with Crippen molar-refractivity contribution in [2.45, 2.75) is 31.1 Å². The molecule has 0 bridgehead atoms. The fraction of sp³-hybridized carbons (Fsp3) is 0.0857. The molecule has 342 valence electrons. The molecule has 0 spiro atoms. The minimum atomic E-state index is -0.103. The second-order valence-electron chi connectivity index (χ2n) is 20.4. The van der Waals surface area contributed by atoms with Crippen molar-refractivity contribution in [3.63, 3.8) is 0 Å². The first kappa shape index (κ1) is 42.6. The van der Waals surface area contributed by atoms with Crippen molar-refractivity contribution in [3.8, 4) is 55.6 Å². The van der Waals surface area contributed by atoms with Gasteiger partial charge in [0.2, 0.25) is 0 Å². The van der Waals surface area contributed by atoms with Gasteiger partial charge in [-0.3, -0.25) is 0 Å². The Balaban J connectivity index is 0.856. The maximum absolute atomic E-state index is 2.63. The van der Waals surface area contributed by atoms with Gasteiger partial charge in [0.15, 0.2) is 0 Å². The Hall–Kier alpha value is -8.30. The Morgan fingerprint density at radius 2 is 0.889 bits per heavy atom. The van der Waals surface area contributed by atoms with E-state index in [0.717, 1.165) is 17.1 Å². The van der Waals surface area contributed by atoms with Crippen LogP contribution in [0.3, 0.4) is 0 Å². The number of hydrogen-bond acceptors (Lipinski definition) is 2. The highest BCUT2D eigenvalue weighted by Gasteiger charge is 2.46. The smallest absolute Gasteiger partial charge is 0.0464 e. The van der Waals surface area contributed by atoms with E-state index in [1.54, 1.807) is 0 Å². The van der Waals surface area contributed by atoms with Gasteiger partial charge in [-0.25, -0.2) is 0 Å². The number of hydrogen-bond donors (Lipinski definition) is 0. The van der Waals surface area contributed by atoms with Crippen LogP contribution in [0.1, 0.15) is 47.9 Å². The molecule has 2 atom stereocenters. The van der Waals surface area contributed by atoms with Crippen LogP contribution < -0.4 is 4.90 Å². The predicted octanol–water partition coefficient (Wildman–Crippen LogP) is 19.5. The van der Waals surface area contributed by atoms with E-state index in [1.807, 2.05) is 11.3 Å². The molecule has 0 radical (unpaired) electrons. The maximum atomic E-state index is 2.63. The summed E-state index contributed by atoms with van der Waals surface area (Å²) in [5, 5.41) is 2.64. The zero-order chi connectivity index (χ0) is 47.9. The van der Waals surface area contributed by atoms with Gasteiger partial charge in [0, 0.05) is 49.1 Å². The Kier molecular flexibility index (Phi) is 10.0. The van der Waals surface area contributed by atoms with Crippen LogP contribution in [0.2, 0.25) is 0 Å². The first-order valence-corrected chi connectivity index (χ1v) is 26.2. The number of allylic oxidation sites excluding steroid dienone is 4. The van der Waals surface area contributed by atoms with Crippen LogP contribution in [-0.2, 0) is 5.41 Å². The molecular weight excluding hydrogens is 887 g/mol. The number of anilines is 3. The van der Waals surface area contributed by atoms with Crippen LogP contribution in [0.4, 0.5) is 17.1 Å². The van der Waals surface area contributed by atoms with Crippen molar-refractivity contribution in [2.75, 3.05) is 4.90 Å². The van der Waals surface area contributed by atoms with Crippen molar-refractivity contribution in [2.24, 2.45) is 5.92 Å². The van der Waals surface area contributed by atoms with Crippen LogP contribution >= 0.6 is 11.3 Å². The van der Waals surface area contributed by atoms with Gasteiger partial charge in [0.25, 0.3) is 0 Å². The lowest BCUT2D eigenvalue weighted by Crippen LogP contribution is -2.26. The van der Waals surface area contributed by atoms with Crippen molar-refractivity contribution >= 4 is 48.6 Å². The summed E-state index contributed by atoms with van der Waals surface area (Å²) in [4.78, 5) is 2.46. The van der Waals surface area contributed by atoms with E-state index in [4.69, 9.17) is 0 Å². The summed E-state index contributed by atoms with van der Waals surface area (Å²) >= 11 is 1.87. The van der Waals surface area contributed by atoms with Gasteiger partial charge in [-0.15, -0.1) is 11.3 Å². The van der Waals surface area contributed by atoms with Gasteiger partial charge in [0.1, 0.15) is 0 Å². The molecule has 2 unspecified atom stereocenters. The van der Waals surface area contributed by atoms with Crippen LogP contribution in [0.15, 0.2) is 260 Å². The molecule has 1 aromatic heterocycles. The molecule has 0 amide bonds. The molecule has 11 aromatic rings. The standard InChI is InChI=1S/C70H51NS/c1-70(2)65-43-50(69-62-22-11-9-19-57(62)58-20-10-12-23-63(58)69)29-36-59(65)60-37-35-56(44-66(60)70)71(54-31-25-47(26-32-54)49-30-38-68-64(42-49)61-21-13-14-24-67(61)72-68)55-33-27-48(28-34-55)53-40-51(45-15-5-3-6-16-45)39-52(41-53)46-17-7-4-8-18-46/h3-44,59,65,69H,1-2H3. The van der Waals surface area contributed by atoms with E-state index in [2.05, 4.69) is 274 Å². The minimum Gasteiger partial charge on any atom is -0.310 e. The van der Waals surface area contributed by atoms with Crippen LogP contribution in [0, 0.1) is 5.92 Å². The topological polar surface area (TPSA) is 3.24 Å². The lowest BCUT2D eigenvalue weighted by atomic mass is 9.71. The van der Waals surface area contributed by atoms with Crippen LogP contribution in [-0.4, -0.2) is 0 Å². The monoisotopic (exact) mass is 937 g/mol. The third-order valence-corrected chi connectivity index (χ3v) is 17.2. The summed E-state index contributed by atoms with van der Waals surface area (Å²) in [7, 11) is 0. The summed E-state index contributed by atoms with van der Waals surface area (Å²) in [6.07, 6.45) is 7.59. The molecule has 2 heteroatoms. The maximum Gasteiger partial charge on any atom is 0.0464 e. The van der Waals surface area contributed by atoms with Gasteiger partial charge in [-0.05, 0) is 168 Å². The largest absolute Gasteiger partial charge is 0.310 e. The number of nitrogens with zero attached hydrogens (tertiary/aromatic N) is 1. The zero-order valence-electron chi connectivity index (χ0n) is 40.3. The van der Waals surface area contributed by atoms with Crippen molar-refractivity contribution in [1.82, 2.24) is 0 Å². The minimum absolute atomic E-state index is 0.103. The SMILES string of the molecule is CC1(C)c2cc(N(c3ccc(-c4cc(-c5ccccc5)cc(-c5ccccc5)c4)cc3)c3ccc(-c4ccc5sc6ccccc6c5c4)cc3)ccc2C2C=CC(C3c4ccccc4-c4ccccc43)=CC21. The molecule has 1 heterocycles. The number of rotatable bonds is 8. The van der Waals surface area contributed by atoms with Gasteiger partial charge in [-0.1, -0.05) is 196 Å². The molecule has 0 saturated carbocycles. The van der Waals surface area contributed by atoms with Gasteiger partial charge in [-0.2, -0.15) is 0 Å². The normalized spacial score (nSPS) is 16.3. The quantitative estimate of drug-likeness (QED) is 0.147. The molecular formula is C70H51NS. The Labute approximate surface area is 426 Å². The van der Waals surface area contributed by atoms with E-state index < -0.39 is 0 Å². The van der Waals surface area contributed by atoms with Gasteiger partial charge in [0.05, 0.1) is 0 Å². The summed E-state index contributed by atoms with van der Waals surface area (Å²) in [5.41, 5.74) is 22.8. The number of thiophene rings is 1. The summed E-state index contributed by atoms with van der Waals surface area (Å²) in [6.45, 7) is 4.94. The summed E-state index contributed by atoms with van der Waals surface area (Å²) < 4.78 is 2.65. The van der Waals surface area contributed by atoms with Gasteiger partial charge >= 0.3 is 0 Å².